The van der Waals surface area contributed by atoms with E-state index in [0.29, 0.717) is 29.4 Å². The van der Waals surface area contributed by atoms with Crippen molar-refractivity contribution in [2.24, 2.45) is 11.3 Å². The minimum absolute atomic E-state index is 0. The van der Waals surface area contributed by atoms with Gasteiger partial charge in [0.1, 0.15) is 11.6 Å². The van der Waals surface area contributed by atoms with Crippen LogP contribution >= 0.6 is 12.4 Å². The number of carbonyl (C=O) groups is 1. The lowest BCUT2D eigenvalue weighted by Gasteiger charge is -2.37. The van der Waals surface area contributed by atoms with Gasteiger partial charge >= 0.3 is 0 Å². The van der Waals surface area contributed by atoms with Crippen LogP contribution in [-0.4, -0.2) is 25.8 Å². The molecule has 0 radical (unpaired) electrons. The van der Waals surface area contributed by atoms with Crippen molar-refractivity contribution in [2.75, 3.05) is 19.9 Å². The maximum absolute atomic E-state index is 13.8. The largest absolute Gasteiger partial charge is 0.467 e. The fourth-order valence-electron chi connectivity index (χ4n) is 4.43. The summed E-state index contributed by atoms with van der Waals surface area (Å²) in [4.78, 5) is 12.9. The second-order valence-electron chi connectivity index (χ2n) is 7.08. The van der Waals surface area contributed by atoms with E-state index in [2.05, 4.69) is 10.6 Å². The van der Waals surface area contributed by atoms with Crippen molar-refractivity contribution < 1.29 is 18.7 Å². The third kappa shape index (κ3) is 3.35. The van der Waals surface area contributed by atoms with Crippen LogP contribution in [0.3, 0.4) is 0 Å². The van der Waals surface area contributed by atoms with E-state index in [-0.39, 0.29) is 42.9 Å². The number of halogens is 2. The molecule has 1 saturated heterocycles. The van der Waals surface area contributed by atoms with E-state index in [4.69, 9.17) is 9.47 Å². The Kier molecular flexibility index (Phi) is 5.51. The van der Waals surface area contributed by atoms with Gasteiger partial charge in [0.2, 0.25) is 5.91 Å². The second-order valence-corrected chi connectivity index (χ2v) is 7.08. The fraction of sp³-hybridized carbons (Fsp3) is 0.611. The number of hydrogen-bond acceptors (Lipinski definition) is 4. The molecule has 138 valence electrons. The summed E-state index contributed by atoms with van der Waals surface area (Å²) in [6.45, 7) is 2.45. The van der Waals surface area contributed by atoms with Gasteiger partial charge in [-0.1, -0.05) is 12.8 Å². The zero-order valence-corrected chi connectivity index (χ0v) is 14.9. The molecule has 3 aliphatic rings. The molecule has 7 heteroatoms. The van der Waals surface area contributed by atoms with Gasteiger partial charge in [0, 0.05) is 24.2 Å². The van der Waals surface area contributed by atoms with E-state index in [1.807, 2.05) is 0 Å². The molecule has 4 rings (SSSR count). The highest BCUT2D eigenvalue weighted by Gasteiger charge is 2.49. The molecule has 0 aromatic heterocycles. The molecule has 2 aliphatic heterocycles. The first kappa shape index (κ1) is 18.4. The quantitative estimate of drug-likeness (QED) is 0.858. The zero-order valence-electron chi connectivity index (χ0n) is 14.1. The Balaban J connectivity index is 0.00000182. The first-order valence-electron chi connectivity index (χ1n) is 8.70. The number of fused-ring (bicyclic) bond motifs is 2. The molecule has 0 unspecified atom stereocenters. The van der Waals surface area contributed by atoms with Crippen molar-refractivity contribution in [3.05, 3.63) is 29.1 Å². The van der Waals surface area contributed by atoms with Gasteiger partial charge in [0.05, 0.1) is 12.0 Å². The molecule has 0 bridgehead atoms. The third-order valence-corrected chi connectivity index (χ3v) is 5.68. The average molecular weight is 371 g/mol. The Morgan fingerprint density at radius 2 is 2.28 bits per heavy atom. The Morgan fingerprint density at radius 3 is 3.16 bits per heavy atom. The highest BCUT2D eigenvalue weighted by atomic mass is 35.5. The molecule has 1 aliphatic carbocycles. The van der Waals surface area contributed by atoms with Crippen molar-refractivity contribution in [2.45, 2.75) is 38.8 Å². The molecule has 5 nitrogen and oxygen atoms in total. The first-order valence-corrected chi connectivity index (χ1v) is 8.70. The van der Waals surface area contributed by atoms with Crippen LogP contribution < -0.4 is 15.4 Å². The average Bonchev–Trinajstić information content (AvgIpc) is 3.04. The number of carbonyl (C=O) groups excluding carboxylic acids is 1. The number of rotatable bonds is 3. The van der Waals surface area contributed by atoms with Gasteiger partial charge in [0.15, 0.2) is 6.79 Å². The lowest BCUT2D eigenvalue weighted by molar-refractivity contribution is -0.134. The van der Waals surface area contributed by atoms with E-state index in [1.54, 1.807) is 0 Å². The van der Waals surface area contributed by atoms with E-state index < -0.39 is 0 Å². The highest BCUT2D eigenvalue weighted by Crippen LogP contribution is 2.44. The number of amides is 1. The van der Waals surface area contributed by atoms with Crippen molar-refractivity contribution in [3.63, 3.8) is 0 Å². The maximum Gasteiger partial charge on any atom is 0.228 e. The first-order chi connectivity index (χ1) is 11.7. The molecule has 2 fully saturated rings. The lowest BCUT2D eigenvalue weighted by Crippen LogP contribution is -2.47. The van der Waals surface area contributed by atoms with Crippen molar-refractivity contribution >= 4 is 18.3 Å². The van der Waals surface area contributed by atoms with Crippen LogP contribution in [0.15, 0.2) is 12.1 Å². The molecule has 0 spiro atoms. The molecule has 1 saturated carbocycles. The van der Waals surface area contributed by atoms with Gasteiger partial charge in [-0.25, -0.2) is 4.39 Å². The minimum Gasteiger partial charge on any atom is -0.467 e. The smallest absolute Gasteiger partial charge is 0.228 e. The SMILES string of the molecule is Cl.O=C(NCc1cc(F)cc2c1OCOC2)[C@@]12CCCC[C@H]1CNC2. The Hall–Kier alpha value is -1.37. The van der Waals surface area contributed by atoms with Gasteiger partial charge in [-0.2, -0.15) is 0 Å². The van der Waals surface area contributed by atoms with Crippen LogP contribution in [0.2, 0.25) is 0 Å². The zero-order chi connectivity index (χ0) is 16.6. The predicted octanol–water partition coefficient (Wildman–Crippen LogP) is 2.51. The summed E-state index contributed by atoms with van der Waals surface area (Å²) < 4.78 is 24.5. The van der Waals surface area contributed by atoms with E-state index in [1.165, 1.54) is 18.6 Å². The summed E-state index contributed by atoms with van der Waals surface area (Å²) in [5.74, 6) is 0.813. The highest BCUT2D eigenvalue weighted by molar-refractivity contribution is 5.85. The Labute approximate surface area is 153 Å². The van der Waals surface area contributed by atoms with Gasteiger partial charge in [-0.3, -0.25) is 4.79 Å². The summed E-state index contributed by atoms with van der Waals surface area (Å²) >= 11 is 0. The number of ether oxygens (including phenoxy) is 2. The van der Waals surface area contributed by atoms with Crippen LogP contribution in [0.5, 0.6) is 5.75 Å². The van der Waals surface area contributed by atoms with E-state index >= 15 is 0 Å². The molecular weight excluding hydrogens is 347 g/mol. The molecular formula is C18H24ClFN2O3. The number of nitrogens with one attached hydrogen (secondary N) is 2. The lowest BCUT2D eigenvalue weighted by atomic mass is 9.67. The molecule has 25 heavy (non-hydrogen) atoms. The van der Waals surface area contributed by atoms with Gasteiger partial charge in [0.25, 0.3) is 0 Å². The molecule has 2 N–H and O–H groups in total. The molecule has 1 aromatic rings. The second kappa shape index (κ2) is 7.48. The van der Waals surface area contributed by atoms with Crippen LogP contribution in [0.4, 0.5) is 4.39 Å². The van der Waals surface area contributed by atoms with Gasteiger partial charge < -0.3 is 20.1 Å². The molecule has 2 atom stereocenters. The summed E-state index contributed by atoms with van der Waals surface area (Å²) in [5.41, 5.74) is 1.08. The number of hydrogen-bond donors (Lipinski definition) is 2. The number of benzene rings is 1. The van der Waals surface area contributed by atoms with Gasteiger partial charge in [-0.15, -0.1) is 12.4 Å². The monoisotopic (exact) mass is 370 g/mol. The predicted molar refractivity (Wildman–Crippen MR) is 93.0 cm³/mol. The van der Waals surface area contributed by atoms with Crippen LogP contribution in [0, 0.1) is 17.2 Å². The summed E-state index contributed by atoms with van der Waals surface area (Å²) in [6, 6.07) is 2.86. The standard InChI is InChI=1S/C18H23FN2O3.ClH/c19-15-5-12(16-13(6-15)9-23-11-24-16)7-21-17(22)18-4-2-1-3-14(18)8-20-10-18;/h5-6,14,20H,1-4,7-11H2,(H,21,22);1H/t14-,18+;/m0./s1. The summed E-state index contributed by atoms with van der Waals surface area (Å²) in [7, 11) is 0. The topological polar surface area (TPSA) is 59.6 Å². The maximum atomic E-state index is 13.8. The van der Waals surface area contributed by atoms with Crippen molar-refractivity contribution in [1.82, 2.24) is 10.6 Å². The van der Waals surface area contributed by atoms with Crippen LogP contribution in [0.1, 0.15) is 36.8 Å². The molecule has 1 aromatic carbocycles. The van der Waals surface area contributed by atoms with Gasteiger partial charge in [-0.05, 0) is 37.4 Å². The minimum atomic E-state index is -0.330. The summed E-state index contributed by atoms with van der Waals surface area (Å²) in [5, 5.41) is 6.42. The Bertz CT molecular complexity index is 657. The van der Waals surface area contributed by atoms with Crippen LogP contribution in [-0.2, 0) is 22.7 Å². The Morgan fingerprint density at radius 1 is 1.40 bits per heavy atom. The van der Waals surface area contributed by atoms with Crippen molar-refractivity contribution in [1.29, 1.82) is 0 Å². The van der Waals surface area contributed by atoms with Crippen LogP contribution in [0.25, 0.3) is 0 Å². The van der Waals surface area contributed by atoms with E-state index in [0.717, 1.165) is 32.4 Å². The van der Waals surface area contributed by atoms with Crippen molar-refractivity contribution in [3.8, 4) is 5.75 Å². The summed E-state index contributed by atoms with van der Waals surface area (Å²) in [6.07, 6.45) is 4.34. The fourth-order valence-corrected chi connectivity index (χ4v) is 4.43. The normalized spacial score (nSPS) is 27.5. The van der Waals surface area contributed by atoms with E-state index in [9.17, 15) is 9.18 Å². The molecule has 2 heterocycles. The molecule has 1 amide bonds. The third-order valence-electron chi connectivity index (χ3n) is 5.68.